The van der Waals surface area contributed by atoms with E-state index in [1.807, 2.05) is 6.92 Å². The van der Waals surface area contributed by atoms with Gasteiger partial charge >= 0.3 is 0 Å². The number of aliphatic hydroxyl groups is 1. The van der Waals surface area contributed by atoms with Gasteiger partial charge in [-0.15, -0.1) is 0 Å². The van der Waals surface area contributed by atoms with Crippen LogP contribution < -0.4 is 5.73 Å². The van der Waals surface area contributed by atoms with E-state index in [0.29, 0.717) is 6.42 Å². The highest BCUT2D eigenvalue weighted by Gasteiger charge is 2.25. The van der Waals surface area contributed by atoms with Crippen LogP contribution in [0.15, 0.2) is 23.1 Å². The molecule has 3 N–H and O–H groups in total. The minimum absolute atomic E-state index is 0.00422. The van der Waals surface area contributed by atoms with Crippen LogP contribution in [0, 0.1) is 5.82 Å². The predicted octanol–water partition coefficient (Wildman–Crippen LogP) is 0.801. The fraction of sp³-hybridized carbons (Fsp3) is 0.455. The van der Waals surface area contributed by atoms with Crippen LogP contribution in [-0.4, -0.2) is 37.5 Å². The van der Waals surface area contributed by atoms with Gasteiger partial charge < -0.3 is 10.8 Å². The van der Waals surface area contributed by atoms with Crippen LogP contribution >= 0.6 is 0 Å². The summed E-state index contributed by atoms with van der Waals surface area (Å²) < 4.78 is 38.7. The smallest absolute Gasteiger partial charge is 0.245 e. The van der Waals surface area contributed by atoms with Crippen molar-refractivity contribution in [3.8, 4) is 0 Å². The van der Waals surface area contributed by atoms with Gasteiger partial charge in [-0.2, -0.15) is 4.31 Å². The number of rotatable bonds is 6. The molecule has 5 nitrogen and oxygen atoms in total. The fourth-order valence-electron chi connectivity index (χ4n) is 1.58. The number of anilines is 1. The van der Waals surface area contributed by atoms with Crippen molar-refractivity contribution < 1.29 is 17.9 Å². The number of hydrogen-bond donors (Lipinski definition) is 2. The topological polar surface area (TPSA) is 83.6 Å². The summed E-state index contributed by atoms with van der Waals surface area (Å²) in [6.45, 7) is 1.73. The van der Waals surface area contributed by atoms with Gasteiger partial charge in [-0.05, 0) is 24.6 Å². The molecule has 0 amide bonds. The van der Waals surface area contributed by atoms with Gasteiger partial charge in [0.2, 0.25) is 10.0 Å². The number of nitrogens with two attached hydrogens (primary N) is 1. The number of sulfonamides is 1. The average Bonchev–Trinajstić information content (AvgIpc) is 2.32. The molecular formula is C11H17FN2O3S. The van der Waals surface area contributed by atoms with Gasteiger partial charge in [0.05, 0.1) is 12.3 Å². The first-order valence-corrected chi connectivity index (χ1v) is 7.03. The Kier molecular flexibility index (Phi) is 5.06. The summed E-state index contributed by atoms with van der Waals surface area (Å²) in [7, 11) is -3.87. The zero-order valence-corrected chi connectivity index (χ0v) is 11.0. The Balaban J connectivity index is 3.21. The Morgan fingerprint density at radius 1 is 1.39 bits per heavy atom. The zero-order valence-electron chi connectivity index (χ0n) is 10.1. The van der Waals surface area contributed by atoms with Gasteiger partial charge in [0.1, 0.15) is 10.7 Å². The minimum Gasteiger partial charge on any atom is -0.398 e. The molecule has 0 bridgehead atoms. The lowest BCUT2D eigenvalue weighted by molar-refractivity contribution is 0.253. The maximum absolute atomic E-state index is 13.1. The molecule has 0 saturated carbocycles. The molecule has 1 aromatic rings. The highest BCUT2D eigenvalue weighted by Crippen LogP contribution is 2.23. The molecule has 0 atom stereocenters. The first-order valence-electron chi connectivity index (χ1n) is 5.59. The Labute approximate surface area is 106 Å². The van der Waals surface area contributed by atoms with E-state index in [9.17, 15) is 12.8 Å². The lowest BCUT2D eigenvalue weighted by Crippen LogP contribution is -2.34. The van der Waals surface area contributed by atoms with Gasteiger partial charge in [0.15, 0.2) is 0 Å². The lowest BCUT2D eigenvalue weighted by Gasteiger charge is -2.21. The molecule has 0 radical (unpaired) electrons. The third kappa shape index (κ3) is 3.18. The van der Waals surface area contributed by atoms with Crippen LogP contribution in [0.4, 0.5) is 10.1 Å². The van der Waals surface area contributed by atoms with Gasteiger partial charge in [0, 0.05) is 13.1 Å². The van der Waals surface area contributed by atoms with Crippen molar-refractivity contribution in [2.75, 3.05) is 25.4 Å². The van der Waals surface area contributed by atoms with E-state index in [1.165, 1.54) is 6.07 Å². The quantitative estimate of drug-likeness (QED) is 0.753. The highest BCUT2D eigenvalue weighted by molar-refractivity contribution is 7.89. The number of hydrogen-bond acceptors (Lipinski definition) is 4. The summed E-state index contributed by atoms with van der Waals surface area (Å²) in [6, 6.07) is 3.21. The number of nitrogen functional groups attached to an aromatic ring is 1. The van der Waals surface area contributed by atoms with Crippen molar-refractivity contribution >= 4 is 15.7 Å². The van der Waals surface area contributed by atoms with E-state index < -0.39 is 15.8 Å². The van der Waals surface area contributed by atoms with Gasteiger partial charge in [-0.25, -0.2) is 12.8 Å². The molecular weight excluding hydrogens is 259 g/mol. The van der Waals surface area contributed by atoms with Crippen molar-refractivity contribution in [2.24, 2.45) is 0 Å². The Morgan fingerprint density at radius 3 is 2.61 bits per heavy atom. The van der Waals surface area contributed by atoms with E-state index in [4.69, 9.17) is 10.8 Å². The second-order valence-corrected chi connectivity index (χ2v) is 5.72. The third-order valence-electron chi connectivity index (χ3n) is 2.42. The third-order valence-corrected chi connectivity index (χ3v) is 4.37. The van der Waals surface area contributed by atoms with E-state index in [2.05, 4.69) is 0 Å². The second kappa shape index (κ2) is 6.12. The largest absolute Gasteiger partial charge is 0.398 e. The van der Waals surface area contributed by atoms with Crippen LogP contribution in [0.1, 0.15) is 13.3 Å². The number of benzene rings is 1. The zero-order chi connectivity index (χ0) is 13.8. The molecule has 0 heterocycles. The van der Waals surface area contributed by atoms with E-state index >= 15 is 0 Å². The molecule has 0 fully saturated rings. The van der Waals surface area contributed by atoms with Gasteiger partial charge in [0.25, 0.3) is 0 Å². The summed E-state index contributed by atoms with van der Waals surface area (Å²) in [5, 5.41) is 8.89. The van der Waals surface area contributed by atoms with Crippen LogP contribution in [-0.2, 0) is 10.0 Å². The highest BCUT2D eigenvalue weighted by atomic mass is 32.2. The summed E-state index contributed by atoms with van der Waals surface area (Å²) in [5.41, 5.74) is 5.57. The molecule has 0 aliphatic carbocycles. The molecule has 0 unspecified atom stereocenters. The lowest BCUT2D eigenvalue weighted by atomic mass is 10.3. The Hall–Kier alpha value is -1.18. The molecule has 1 rings (SSSR count). The molecule has 0 aromatic heterocycles. The summed E-state index contributed by atoms with van der Waals surface area (Å²) in [4.78, 5) is -0.260. The number of nitrogens with zero attached hydrogens (tertiary/aromatic N) is 1. The van der Waals surface area contributed by atoms with Crippen molar-refractivity contribution in [3.05, 3.63) is 24.0 Å². The second-order valence-electron chi connectivity index (χ2n) is 3.81. The predicted molar refractivity (Wildman–Crippen MR) is 66.9 cm³/mol. The number of halogens is 1. The molecule has 1 aromatic carbocycles. The maximum atomic E-state index is 13.1. The van der Waals surface area contributed by atoms with Crippen molar-refractivity contribution in [1.82, 2.24) is 4.31 Å². The summed E-state index contributed by atoms with van der Waals surface area (Å²) in [6.07, 6.45) is 0.592. The van der Waals surface area contributed by atoms with Crippen molar-refractivity contribution in [1.29, 1.82) is 0 Å². The molecule has 7 heteroatoms. The van der Waals surface area contributed by atoms with Crippen molar-refractivity contribution in [3.63, 3.8) is 0 Å². The van der Waals surface area contributed by atoms with Crippen LogP contribution in [0.3, 0.4) is 0 Å². The normalized spacial score (nSPS) is 12.0. The Bertz CT molecular complexity index is 499. The maximum Gasteiger partial charge on any atom is 0.245 e. The van der Waals surface area contributed by atoms with Crippen LogP contribution in [0.25, 0.3) is 0 Å². The molecule has 0 aliphatic rings. The Morgan fingerprint density at radius 2 is 2.06 bits per heavy atom. The molecule has 102 valence electrons. The van der Waals surface area contributed by atoms with E-state index in [-0.39, 0.29) is 30.3 Å². The minimum atomic E-state index is -3.87. The molecule has 0 saturated heterocycles. The molecule has 0 spiro atoms. The standard InChI is InChI=1S/C11H17FN2O3S/c1-2-5-14(6-7-15)18(16,17)11-8-9(12)3-4-10(11)13/h3-4,8,15H,2,5-7,13H2,1H3. The average molecular weight is 276 g/mol. The van der Waals surface area contributed by atoms with Crippen molar-refractivity contribution in [2.45, 2.75) is 18.2 Å². The number of aliphatic hydroxyl groups excluding tert-OH is 1. The SMILES string of the molecule is CCCN(CCO)S(=O)(=O)c1cc(F)ccc1N. The monoisotopic (exact) mass is 276 g/mol. The summed E-state index contributed by atoms with van der Waals surface area (Å²) in [5.74, 6) is -0.664. The summed E-state index contributed by atoms with van der Waals surface area (Å²) >= 11 is 0. The fourth-order valence-corrected chi connectivity index (χ4v) is 3.23. The van der Waals surface area contributed by atoms with E-state index in [0.717, 1.165) is 16.4 Å². The van der Waals surface area contributed by atoms with Gasteiger partial charge in [-0.1, -0.05) is 6.92 Å². The molecule has 0 aliphatic heterocycles. The van der Waals surface area contributed by atoms with Crippen LogP contribution in [0.5, 0.6) is 0 Å². The van der Waals surface area contributed by atoms with E-state index in [1.54, 1.807) is 0 Å². The van der Waals surface area contributed by atoms with Gasteiger partial charge in [-0.3, -0.25) is 0 Å². The molecule has 18 heavy (non-hydrogen) atoms. The van der Waals surface area contributed by atoms with Crippen LogP contribution in [0.2, 0.25) is 0 Å². The first-order chi connectivity index (χ1) is 8.43. The first kappa shape index (κ1) is 14.9.